The average molecular weight is 475 g/mol. The third kappa shape index (κ3) is 5.53. The van der Waals surface area contributed by atoms with Gasteiger partial charge >= 0.3 is 0 Å². The highest BCUT2D eigenvalue weighted by Gasteiger charge is 2.22. The number of hydrogen-bond donors (Lipinski definition) is 3. The highest BCUT2D eigenvalue weighted by Crippen LogP contribution is 2.30. The van der Waals surface area contributed by atoms with Crippen molar-refractivity contribution < 1.29 is 18.7 Å². The predicted octanol–water partition coefficient (Wildman–Crippen LogP) is 4.75. The van der Waals surface area contributed by atoms with Gasteiger partial charge in [0.1, 0.15) is 17.7 Å². The molecule has 0 aliphatic heterocycles. The number of nitrogens with one attached hydrogen (secondary N) is 1. The Hall–Kier alpha value is -4.08. The van der Waals surface area contributed by atoms with Crippen molar-refractivity contribution in [1.82, 2.24) is 15.0 Å². The quantitative estimate of drug-likeness (QED) is 0.347. The largest absolute Gasteiger partial charge is 0.373 e. The number of hydrogen-bond acceptors (Lipinski definition) is 6. The number of aliphatic hydroxyl groups is 1. The van der Waals surface area contributed by atoms with Crippen molar-refractivity contribution in [3.8, 4) is 22.4 Å². The summed E-state index contributed by atoms with van der Waals surface area (Å²) in [4.78, 5) is 25.1. The van der Waals surface area contributed by atoms with E-state index in [4.69, 9.17) is 5.73 Å². The number of carbonyl (C=O) groups is 1. The molecule has 4 rings (SSSR count). The van der Waals surface area contributed by atoms with Crippen molar-refractivity contribution in [3.05, 3.63) is 96.0 Å². The van der Waals surface area contributed by atoms with Crippen LogP contribution in [-0.4, -0.2) is 26.0 Å². The van der Waals surface area contributed by atoms with Crippen LogP contribution in [0.4, 0.5) is 14.5 Å². The molecule has 0 saturated carbocycles. The first-order chi connectivity index (χ1) is 16.6. The number of nitrogens with zero attached hydrogens (tertiary/aromatic N) is 3. The van der Waals surface area contributed by atoms with E-state index in [2.05, 4.69) is 20.3 Å². The lowest BCUT2D eigenvalue weighted by Crippen LogP contribution is -2.16. The summed E-state index contributed by atoms with van der Waals surface area (Å²) in [7, 11) is 0. The zero-order valence-corrected chi connectivity index (χ0v) is 19.0. The minimum atomic E-state index is -1.70. The Morgan fingerprint density at radius 3 is 2.43 bits per heavy atom. The number of benzene rings is 1. The Balaban J connectivity index is 1.63. The molecule has 3 heterocycles. The number of pyridine rings is 3. The van der Waals surface area contributed by atoms with Gasteiger partial charge in [0.05, 0.1) is 17.1 Å². The van der Waals surface area contributed by atoms with Gasteiger partial charge in [-0.1, -0.05) is 0 Å². The molecular weight excluding hydrogens is 452 g/mol. The lowest BCUT2D eigenvalue weighted by atomic mass is 10.0. The highest BCUT2D eigenvalue weighted by atomic mass is 19.1. The lowest BCUT2D eigenvalue weighted by Gasteiger charge is -2.14. The number of aromatic nitrogens is 3. The summed E-state index contributed by atoms with van der Waals surface area (Å²) in [6.45, 7) is 2.72. The molecule has 0 spiro atoms. The number of halogens is 2. The van der Waals surface area contributed by atoms with Gasteiger partial charge in [-0.05, 0) is 74.0 Å². The molecule has 0 fully saturated rings. The van der Waals surface area contributed by atoms with E-state index in [0.29, 0.717) is 22.5 Å². The van der Waals surface area contributed by atoms with Gasteiger partial charge < -0.3 is 16.2 Å². The maximum atomic E-state index is 14.8. The fraction of sp³-hybridized carbons (Fsp3) is 0.154. The molecule has 1 unspecified atom stereocenters. The van der Waals surface area contributed by atoms with E-state index >= 15 is 0 Å². The normalized spacial score (nSPS) is 12.3. The van der Waals surface area contributed by atoms with E-state index in [9.17, 15) is 18.7 Å². The summed E-state index contributed by atoms with van der Waals surface area (Å²) in [5.74, 6) is -0.964. The van der Waals surface area contributed by atoms with E-state index in [1.54, 1.807) is 24.3 Å². The van der Waals surface area contributed by atoms with Crippen LogP contribution in [-0.2, 0) is 5.67 Å². The van der Waals surface area contributed by atoms with E-state index in [-0.39, 0.29) is 22.5 Å². The zero-order valence-electron chi connectivity index (χ0n) is 19.0. The Labute approximate surface area is 200 Å². The van der Waals surface area contributed by atoms with Gasteiger partial charge in [-0.3, -0.25) is 19.7 Å². The number of alkyl halides is 1. The van der Waals surface area contributed by atoms with E-state index in [0.717, 1.165) is 0 Å². The third-order valence-corrected chi connectivity index (χ3v) is 5.31. The minimum absolute atomic E-state index is 0.135. The molecule has 178 valence electrons. The maximum absolute atomic E-state index is 14.8. The molecule has 0 aliphatic rings. The summed E-state index contributed by atoms with van der Waals surface area (Å²) in [5.41, 5.74) is 6.76. The van der Waals surface area contributed by atoms with Crippen LogP contribution in [0, 0.1) is 5.82 Å². The molecule has 1 amide bonds. The first-order valence-electron chi connectivity index (χ1n) is 10.7. The summed E-state index contributed by atoms with van der Waals surface area (Å²) in [6, 6.07) is 13.7. The monoisotopic (exact) mass is 475 g/mol. The van der Waals surface area contributed by atoms with Crippen LogP contribution in [0.2, 0.25) is 0 Å². The van der Waals surface area contributed by atoms with Gasteiger partial charge in [0.15, 0.2) is 0 Å². The molecule has 0 aliphatic carbocycles. The van der Waals surface area contributed by atoms with Crippen LogP contribution in [0.3, 0.4) is 0 Å². The summed E-state index contributed by atoms with van der Waals surface area (Å²) in [6.07, 6.45) is 3.17. The van der Waals surface area contributed by atoms with Crippen LogP contribution in [0.25, 0.3) is 22.4 Å². The van der Waals surface area contributed by atoms with Gasteiger partial charge in [-0.15, -0.1) is 0 Å². The number of nitrogens with two attached hydrogens (primary N) is 1. The summed E-state index contributed by atoms with van der Waals surface area (Å²) >= 11 is 0. The SMILES string of the molecule is CC(C)(F)c1cc(C(=O)Nc2ccc(F)c(-c3ccnc(-c4ccnc(C(N)O)c4)c3)c2)ccn1. The second-order valence-electron chi connectivity index (χ2n) is 8.39. The fourth-order valence-electron chi connectivity index (χ4n) is 3.45. The Morgan fingerprint density at radius 2 is 1.69 bits per heavy atom. The summed E-state index contributed by atoms with van der Waals surface area (Å²) in [5, 5.41) is 12.3. The predicted molar refractivity (Wildman–Crippen MR) is 128 cm³/mol. The Bertz CT molecular complexity index is 1390. The molecule has 0 radical (unpaired) electrons. The maximum Gasteiger partial charge on any atom is 0.255 e. The van der Waals surface area contributed by atoms with Crippen molar-refractivity contribution in [3.63, 3.8) is 0 Å². The van der Waals surface area contributed by atoms with Crippen LogP contribution in [0.1, 0.15) is 41.8 Å². The first kappa shape index (κ1) is 24.1. The highest BCUT2D eigenvalue weighted by molar-refractivity contribution is 6.04. The molecule has 7 nitrogen and oxygen atoms in total. The smallest absolute Gasteiger partial charge is 0.255 e. The van der Waals surface area contributed by atoms with E-state index in [1.165, 1.54) is 62.8 Å². The standard InChI is InChI=1S/C26H23F2N5O2/c1-26(2,28)23-13-17(7-10-32-23)25(35)33-18-3-4-20(27)19(14-18)15-5-8-30-21(11-15)16-6-9-31-22(12-16)24(29)34/h3-14,24,34H,29H2,1-2H3,(H,33,35). The van der Waals surface area contributed by atoms with Gasteiger partial charge in [-0.2, -0.15) is 0 Å². The Morgan fingerprint density at radius 1 is 0.971 bits per heavy atom. The zero-order chi connectivity index (χ0) is 25.2. The lowest BCUT2D eigenvalue weighted by molar-refractivity contribution is 0.102. The first-order valence-corrected chi connectivity index (χ1v) is 10.7. The second-order valence-corrected chi connectivity index (χ2v) is 8.39. The van der Waals surface area contributed by atoms with Crippen LogP contribution in [0.15, 0.2) is 73.2 Å². The fourth-order valence-corrected chi connectivity index (χ4v) is 3.45. The van der Waals surface area contributed by atoms with Gasteiger partial charge in [0, 0.05) is 41.0 Å². The van der Waals surface area contributed by atoms with Crippen molar-refractivity contribution in [2.75, 3.05) is 5.32 Å². The molecule has 0 bridgehead atoms. The number of anilines is 1. The van der Waals surface area contributed by atoms with Crippen LogP contribution < -0.4 is 11.1 Å². The van der Waals surface area contributed by atoms with Gasteiger partial charge in [0.2, 0.25) is 0 Å². The van der Waals surface area contributed by atoms with Crippen molar-refractivity contribution in [2.24, 2.45) is 5.73 Å². The Kier molecular flexibility index (Phi) is 6.63. The molecule has 0 saturated heterocycles. The van der Waals surface area contributed by atoms with E-state index < -0.39 is 23.6 Å². The molecule has 4 aromatic rings. The second kappa shape index (κ2) is 9.65. The average Bonchev–Trinajstić information content (AvgIpc) is 2.85. The summed E-state index contributed by atoms with van der Waals surface area (Å²) < 4.78 is 29.0. The minimum Gasteiger partial charge on any atom is -0.373 e. The van der Waals surface area contributed by atoms with Crippen LogP contribution >= 0.6 is 0 Å². The van der Waals surface area contributed by atoms with E-state index in [1.807, 2.05) is 0 Å². The van der Waals surface area contributed by atoms with Crippen molar-refractivity contribution in [1.29, 1.82) is 0 Å². The topological polar surface area (TPSA) is 114 Å². The van der Waals surface area contributed by atoms with Crippen molar-refractivity contribution in [2.45, 2.75) is 25.7 Å². The molecule has 3 aromatic heterocycles. The number of aliphatic hydroxyl groups excluding tert-OH is 1. The molecule has 4 N–H and O–H groups in total. The third-order valence-electron chi connectivity index (χ3n) is 5.31. The van der Waals surface area contributed by atoms with Crippen molar-refractivity contribution >= 4 is 11.6 Å². The number of amides is 1. The van der Waals surface area contributed by atoms with Crippen LogP contribution in [0.5, 0.6) is 0 Å². The molecule has 35 heavy (non-hydrogen) atoms. The molecule has 9 heteroatoms. The van der Waals surface area contributed by atoms with Gasteiger partial charge in [0.25, 0.3) is 5.91 Å². The number of rotatable bonds is 6. The van der Waals surface area contributed by atoms with Gasteiger partial charge in [-0.25, -0.2) is 8.78 Å². The molecule has 1 aromatic carbocycles. The molecule has 1 atom stereocenters. The molecular formula is C26H23F2N5O2. The number of carbonyl (C=O) groups excluding carboxylic acids is 1.